The number of furan rings is 1. The molecular weight excluding hydrogens is 454 g/mol. The topological polar surface area (TPSA) is 161 Å². The second-order valence-electron chi connectivity index (χ2n) is 8.74. The van der Waals surface area contributed by atoms with Crippen molar-refractivity contribution in [3.05, 3.63) is 47.0 Å². The molecule has 0 aliphatic heterocycles. The number of hydrogen-bond donors (Lipinski definition) is 4. The number of rotatable bonds is 4. The molecule has 32 heavy (non-hydrogen) atoms. The summed E-state index contributed by atoms with van der Waals surface area (Å²) in [5, 5.41) is 3.16. The van der Waals surface area contributed by atoms with E-state index < -0.39 is 32.3 Å². The minimum atomic E-state index is -3.06. The number of carbonyl (C=O) groups is 1. The Bertz CT molecular complexity index is 1440. The number of carbonyl (C=O) groups excluding carboxylic acids is 1. The van der Waals surface area contributed by atoms with Crippen molar-refractivity contribution in [2.24, 2.45) is 16.9 Å². The highest BCUT2D eigenvalue weighted by Gasteiger charge is 2.59. The van der Waals surface area contributed by atoms with E-state index in [9.17, 15) is 9.00 Å². The van der Waals surface area contributed by atoms with Gasteiger partial charge in [0.1, 0.15) is 15.2 Å². The van der Waals surface area contributed by atoms with E-state index in [1.807, 2.05) is 0 Å². The summed E-state index contributed by atoms with van der Waals surface area (Å²) in [5.74, 6) is 5.81. The summed E-state index contributed by atoms with van der Waals surface area (Å²) in [6.45, 7) is 0. The average Bonchev–Trinajstić information content (AvgIpc) is 3.37. The summed E-state index contributed by atoms with van der Waals surface area (Å²) >= 11 is 6.02. The SMILES string of the molecule is CS(=N)(=O)c1ccc(C(=O)N[C@@]2(N)C#CC3(CC(N)(c4nc5cc(Cl)ccc5o4)C3)C2)o1. The molecule has 0 bridgehead atoms. The molecule has 5 rings (SSSR count). The normalized spacial score (nSPS) is 30.5. The van der Waals surface area contributed by atoms with Gasteiger partial charge in [0.15, 0.2) is 22.1 Å². The molecule has 6 N–H and O–H groups in total. The first-order valence-electron chi connectivity index (χ1n) is 9.74. The van der Waals surface area contributed by atoms with Crippen LogP contribution in [0.1, 0.15) is 35.7 Å². The van der Waals surface area contributed by atoms with E-state index in [1.54, 1.807) is 18.2 Å². The zero-order valence-corrected chi connectivity index (χ0v) is 18.6. The number of nitrogens with one attached hydrogen (secondary N) is 2. The van der Waals surface area contributed by atoms with Crippen LogP contribution in [0.2, 0.25) is 5.02 Å². The van der Waals surface area contributed by atoms with Crippen molar-refractivity contribution in [2.45, 2.75) is 35.6 Å². The van der Waals surface area contributed by atoms with Crippen molar-refractivity contribution in [3.8, 4) is 11.8 Å². The van der Waals surface area contributed by atoms with E-state index >= 15 is 0 Å². The first-order chi connectivity index (χ1) is 14.9. The van der Waals surface area contributed by atoms with Gasteiger partial charge in [-0.05, 0) is 43.2 Å². The molecule has 1 aromatic carbocycles. The Labute approximate surface area is 188 Å². The van der Waals surface area contributed by atoms with Crippen LogP contribution in [-0.2, 0) is 15.3 Å². The zero-order valence-electron chi connectivity index (χ0n) is 17.0. The number of fused-ring (bicyclic) bond motifs is 1. The highest BCUT2D eigenvalue weighted by molar-refractivity contribution is 7.91. The summed E-state index contributed by atoms with van der Waals surface area (Å²) in [5.41, 5.74) is 11.6. The van der Waals surface area contributed by atoms with Gasteiger partial charge < -0.3 is 19.9 Å². The number of hydrogen-bond acceptors (Lipinski definition) is 8. The van der Waals surface area contributed by atoms with Crippen molar-refractivity contribution in [1.82, 2.24) is 10.3 Å². The first kappa shape index (κ1) is 21.0. The lowest BCUT2D eigenvalue weighted by Crippen LogP contribution is -2.60. The van der Waals surface area contributed by atoms with Crippen molar-refractivity contribution in [1.29, 1.82) is 4.78 Å². The van der Waals surface area contributed by atoms with Gasteiger partial charge in [0.2, 0.25) is 5.89 Å². The van der Waals surface area contributed by atoms with Crippen LogP contribution in [0.3, 0.4) is 0 Å². The van der Waals surface area contributed by atoms with Gasteiger partial charge in [-0.1, -0.05) is 23.4 Å². The average molecular weight is 474 g/mol. The zero-order chi connectivity index (χ0) is 22.9. The van der Waals surface area contributed by atoms with Gasteiger partial charge >= 0.3 is 0 Å². The largest absolute Gasteiger partial charge is 0.441 e. The molecule has 1 unspecified atom stereocenters. The van der Waals surface area contributed by atoms with Gasteiger partial charge in [-0.25, -0.2) is 14.0 Å². The van der Waals surface area contributed by atoms with Crippen LogP contribution in [0, 0.1) is 22.0 Å². The molecule has 0 radical (unpaired) electrons. The fourth-order valence-corrected chi connectivity index (χ4v) is 5.23. The number of nitrogens with zero attached hydrogens (tertiary/aromatic N) is 1. The minimum Gasteiger partial charge on any atom is -0.441 e. The maximum Gasteiger partial charge on any atom is 0.289 e. The third-order valence-electron chi connectivity index (χ3n) is 5.78. The monoisotopic (exact) mass is 473 g/mol. The van der Waals surface area contributed by atoms with Crippen LogP contribution in [0.4, 0.5) is 0 Å². The molecule has 1 spiro atoms. The maximum atomic E-state index is 12.6. The lowest BCUT2D eigenvalue weighted by Gasteiger charge is -2.49. The second-order valence-corrected chi connectivity index (χ2v) is 11.3. The Kier molecular flexibility index (Phi) is 4.33. The second kappa shape index (κ2) is 6.59. The van der Waals surface area contributed by atoms with E-state index in [0.717, 1.165) is 0 Å². The van der Waals surface area contributed by atoms with Gasteiger partial charge in [0.05, 0.1) is 5.54 Å². The first-order valence-corrected chi connectivity index (χ1v) is 12.1. The Morgan fingerprint density at radius 3 is 2.66 bits per heavy atom. The number of aromatic nitrogens is 1. The van der Waals surface area contributed by atoms with Gasteiger partial charge in [-0.2, -0.15) is 0 Å². The Balaban J connectivity index is 1.29. The van der Waals surface area contributed by atoms with Crippen LogP contribution in [0.5, 0.6) is 0 Å². The molecule has 2 aliphatic carbocycles. The molecule has 2 aliphatic rings. The lowest BCUT2D eigenvalue weighted by molar-refractivity contribution is 0.0408. The van der Waals surface area contributed by atoms with E-state index in [-0.39, 0.29) is 10.9 Å². The van der Waals surface area contributed by atoms with Crippen LogP contribution in [0.25, 0.3) is 11.1 Å². The Hall–Kier alpha value is -2.84. The number of benzene rings is 1. The molecule has 1 saturated carbocycles. The van der Waals surface area contributed by atoms with Crippen LogP contribution < -0.4 is 16.8 Å². The van der Waals surface area contributed by atoms with E-state index in [2.05, 4.69) is 22.1 Å². The van der Waals surface area contributed by atoms with Gasteiger partial charge in [-0.15, -0.1) is 0 Å². The Morgan fingerprint density at radius 1 is 1.22 bits per heavy atom. The third kappa shape index (κ3) is 3.47. The van der Waals surface area contributed by atoms with E-state index in [0.29, 0.717) is 41.3 Å². The smallest absolute Gasteiger partial charge is 0.289 e. The summed E-state index contributed by atoms with van der Waals surface area (Å²) in [6, 6.07) is 7.90. The molecule has 2 atom stereocenters. The molecule has 2 heterocycles. The summed E-state index contributed by atoms with van der Waals surface area (Å²) < 4.78 is 30.4. The lowest BCUT2D eigenvalue weighted by atomic mass is 9.57. The standard InChI is InChI=1S/C21H20ClN5O4S/c1-32(25,29)16-5-4-15(30-16)17(28)27-21(24)7-6-19(11-21)9-20(23,10-19)18-26-13-8-12(22)2-3-14(13)31-18/h2-5,8,25H,9-11,23-24H2,1H3,(H,27,28)/t19?,20?,21-,32?/m0/s1. The molecule has 3 aromatic rings. The third-order valence-corrected chi connectivity index (χ3v) is 7.00. The molecule has 166 valence electrons. The van der Waals surface area contributed by atoms with Crippen LogP contribution >= 0.6 is 11.6 Å². The molecular formula is C21H20ClN5O4S. The number of halogens is 1. The molecule has 11 heteroatoms. The molecule has 2 aromatic heterocycles. The van der Waals surface area contributed by atoms with Crippen molar-refractivity contribution in [2.75, 3.05) is 6.26 Å². The van der Waals surface area contributed by atoms with Crippen LogP contribution in [0.15, 0.2) is 44.3 Å². The quantitative estimate of drug-likeness (QED) is 0.334. The highest BCUT2D eigenvalue weighted by atomic mass is 35.5. The fourth-order valence-electron chi connectivity index (χ4n) is 4.49. The summed E-state index contributed by atoms with van der Waals surface area (Å²) in [7, 11) is -3.06. The number of amides is 1. The van der Waals surface area contributed by atoms with E-state index in [1.165, 1.54) is 18.4 Å². The van der Waals surface area contributed by atoms with Crippen molar-refractivity contribution < 1.29 is 17.8 Å². The number of oxazole rings is 1. The van der Waals surface area contributed by atoms with Crippen molar-refractivity contribution in [3.63, 3.8) is 0 Å². The molecule has 1 amide bonds. The maximum absolute atomic E-state index is 12.6. The van der Waals surface area contributed by atoms with Crippen molar-refractivity contribution >= 4 is 38.3 Å². The van der Waals surface area contributed by atoms with Gasteiger partial charge in [-0.3, -0.25) is 10.5 Å². The van der Waals surface area contributed by atoms with E-state index in [4.69, 9.17) is 36.7 Å². The summed E-state index contributed by atoms with van der Waals surface area (Å²) in [6.07, 6.45) is 2.51. The van der Waals surface area contributed by atoms with Gasteiger partial charge in [0, 0.05) is 23.1 Å². The fraction of sp³-hybridized carbons (Fsp3) is 0.333. The molecule has 1 fully saturated rings. The predicted octanol–water partition coefficient (Wildman–Crippen LogP) is 2.54. The highest BCUT2D eigenvalue weighted by Crippen LogP contribution is 2.57. The van der Waals surface area contributed by atoms with Crippen LogP contribution in [-0.4, -0.2) is 27.0 Å². The molecule has 9 nitrogen and oxygen atoms in total. The molecule has 0 saturated heterocycles. The summed E-state index contributed by atoms with van der Waals surface area (Å²) in [4.78, 5) is 17.1. The minimum absolute atomic E-state index is 0.0748. The van der Waals surface area contributed by atoms with Gasteiger partial charge in [0.25, 0.3) is 5.91 Å². The Morgan fingerprint density at radius 2 is 1.97 bits per heavy atom. The number of nitrogens with two attached hydrogens (primary N) is 2. The predicted molar refractivity (Wildman–Crippen MR) is 117 cm³/mol.